The summed E-state index contributed by atoms with van der Waals surface area (Å²) in [6.45, 7) is 4.85. The zero-order valence-corrected chi connectivity index (χ0v) is 23.0. The van der Waals surface area contributed by atoms with Crippen LogP contribution >= 0.6 is 22.7 Å². The lowest BCUT2D eigenvalue weighted by atomic mass is 10.0. The second-order valence-electron chi connectivity index (χ2n) is 9.03. The minimum atomic E-state index is 0.378. The molecule has 5 rings (SSSR count). The molecule has 38 heavy (non-hydrogen) atoms. The SMILES string of the molecule is CCCCCCc1cc(C)sc1-c1cc(-c2ccnc(-c3cc(OC=O)cc(-c4ccncn4)n3)c2)cs1. The highest BCUT2D eigenvalue weighted by atomic mass is 32.1. The molecule has 192 valence electrons. The molecule has 0 fully saturated rings. The summed E-state index contributed by atoms with van der Waals surface area (Å²) in [5, 5.41) is 2.20. The van der Waals surface area contributed by atoms with Crippen molar-refractivity contribution in [1.29, 1.82) is 0 Å². The second-order valence-corrected chi connectivity index (χ2v) is 11.2. The number of ether oxygens (including phenoxy) is 1. The van der Waals surface area contributed by atoms with Crippen molar-refractivity contribution >= 4 is 29.1 Å². The van der Waals surface area contributed by atoms with E-state index in [9.17, 15) is 4.79 Å². The van der Waals surface area contributed by atoms with E-state index in [2.05, 4.69) is 46.3 Å². The van der Waals surface area contributed by atoms with Gasteiger partial charge in [-0.25, -0.2) is 15.0 Å². The monoisotopic (exact) mass is 540 g/mol. The molecule has 5 heterocycles. The fourth-order valence-corrected chi connectivity index (χ4v) is 6.53. The van der Waals surface area contributed by atoms with Crippen LogP contribution in [-0.2, 0) is 11.2 Å². The number of thiophene rings is 2. The average molecular weight is 541 g/mol. The first-order valence-electron chi connectivity index (χ1n) is 12.7. The molecule has 0 radical (unpaired) electrons. The Hall–Kier alpha value is -3.75. The summed E-state index contributed by atoms with van der Waals surface area (Å²) in [5.74, 6) is 0.378. The van der Waals surface area contributed by atoms with Gasteiger partial charge in [-0.05, 0) is 72.2 Å². The van der Waals surface area contributed by atoms with Crippen LogP contribution in [0.3, 0.4) is 0 Å². The lowest BCUT2D eigenvalue weighted by Gasteiger charge is -2.08. The highest BCUT2D eigenvalue weighted by Crippen LogP contribution is 2.40. The molecule has 0 N–H and O–H groups in total. The van der Waals surface area contributed by atoms with Crippen LogP contribution in [0.15, 0.2) is 66.6 Å². The number of aryl methyl sites for hydroxylation is 2. The lowest BCUT2D eigenvalue weighted by Crippen LogP contribution is -1.96. The molecule has 5 aromatic rings. The number of hydrogen-bond donors (Lipinski definition) is 0. The van der Waals surface area contributed by atoms with Crippen LogP contribution in [0.4, 0.5) is 0 Å². The van der Waals surface area contributed by atoms with Gasteiger partial charge in [0.25, 0.3) is 6.47 Å². The fourth-order valence-electron chi connectivity index (χ4n) is 4.39. The maximum Gasteiger partial charge on any atom is 0.298 e. The Bertz CT molecular complexity index is 1530. The molecule has 5 aromatic heterocycles. The van der Waals surface area contributed by atoms with Gasteiger partial charge in [0, 0.05) is 39.2 Å². The molecule has 8 heteroatoms. The molecule has 0 aliphatic rings. The highest BCUT2D eigenvalue weighted by Gasteiger charge is 2.14. The van der Waals surface area contributed by atoms with E-state index in [0.717, 1.165) is 17.5 Å². The Labute approximate surface area is 230 Å². The molecule has 0 bridgehead atoms. The molecular formula is C30H28N4O2S2. The van der Waals surface area contributed by atoms with Crippen molar-refractivity contribution in [2.75, 3.05) is 0 Å². The molecule has 6 nitrogen and oxygen atoms in total. The summed E-state index contributed by atoms with van der Waals surface area (Å²) < 4.78 is 5.16. The normalized spacial score (nSPS) is 11.0. The molecule has 0 saturated carbocycles. The molecule has 0 aromatic carbocycles. The van der Waals surface area contributed by atoms with E-state index in [1.54, 1.807) is 41.9 Å². The van der Waals surface area contributed by atoms with Crippen LogP contribution in [0.1, 0.15) is 43.0 Å². The van der Waals surface area contributed by atoms with Gasteiger partial charge in [-0.3, -0.25) is 9.78 Å². The van der Waals surface area contributed by atoms with Gasteiger partial charge in [0.1, 0.15) is 12.1 Å². The fraction of sp³-hybridized carbons (Fsp3) is 0.233. The predicted octanol–water partition coefficient (Wildman–Crippen LogP) is 8.02. The third-order valence-electron chi connectivity index (χ3n) is 6.24. The van der Waals surface area contributed by atoms with Crippen molar-refractivity contribution in [3.05, 3.63) is 77.0 Å². The quantitative estimate of drug-likeness (QED) is 0.125. The molecule has 0 aliphatic carbocycles. The Kier molecular flexibility index (Phi) is 8.31. The number of carbonyl (C=O) groups excluding carboxylic acids is 1. The van der Waals surface area contributed by atoms with E-state index in [4.69, 9.17) is 9.72 Å². The van der Waals surface area contributed by atoms with Crippen LogP contribution in [0.2, 0.25) is 0 Å². The van der Waals surface area contributed by atoms with Crippen LogP contribution in [-0.4, -0.2) is 26.4 Å². The number of aromatic nitrogens is 4. The predicted molar refractivity (Wildman–Crippen MR) is 154 cm³/mol. The Morgan fingerprint density at radius 2 is 1.76 bits per heavy atom. The number of unbranched alkanes of at least 4 members (excludes halogenated alkanes) is 3. The minimum Gasteiger partial charge on any atom is -0.429 e. The van der Waals surface area contributed by atoms with Gasteiger partial charge in [0.15, 0.2) is 0 Å². The van der Waals surface area contributed by atoms with Gasteiger partial charge in [-0.2, -0.15) is 0 Å². The summed E-state index contributed by atoms with van der Waals surface area (Å²) in [7, 11) is 0. The first-order valence-corrected chi connectivity index (χ1v) is 14.4. The maximum atomic E-state index is 11.1. The van der Waals surface area contributed by atoms with Gasteiger partial charge >= 0.3 is 0 Å². The van der Waals surface area contributed by atoms with Crippen molar-refractivity contribution in [1.82, 2.24) is 19.9 Å². The first kappa shape index (κ1) is 25.9. The zero-order chi connectivity index (χ0) is 26.3. The molecule has 0 unspecified atom stereocenters. The van der Waals surface area contributed by atoms with Crippen LogP contribution in [0.25, 0.3) is 43.7 Å². The number of pyridine rings is 2. The third-order valence-corrected chi connectivity index (χ3v) is 8.44. The lowest BCUT2D eigenvalue weighted by molar-refractivity contribution is -0.120. The molecule has 0 amide bonds. The van der Waals surface area contributed by atoms with Gasteiger partial charge in [0.05, 0.1) is 22.8 Å². The Morgan fingerprint density at radius 1 is 0.895 bits per heavy atom. The van der Waals surface area contributed by atoms with E-state index in [1.165, 1.54) is 52.2 Å². The van der Waals surface area contributed by atoms with Crippen molar-refractivity contribution in [2.45, 2.75) is 46.0 Å². The Balaban J connectivity index is 1.45. The van der Waals surface area contributed by atoms with Crippen molar-refractivity contribution in [3.8, 4) is 49.4 Å². The van der Waals surface area contributed by atoms with E-state index in [1.807, 2.05) is 23.5 Å². The van der Waals surface area contributed by atoms with Gasteiger partial charge < -0.3 is 4.74 Å². The minimum absolute atomic E-state index is 0.378. The number of hydrogen-bond acceptors (Lipinski definition) is 8. The number of nitrogens with zero attached hydrogens (tertiary/aromatic N) is 4. The maximum absolute atomic E-state index is 11.1. The molecular weight excluding hydrogens is 512 g/mol. The largest absolute Gasteiger partial charge is 0.429 e. The summed E-state index contributed by atoms with van der Waals surface area (Å²) in [4.78, 5) is 32.7. The van der Waals surface area contributed by atoms with Crippen molar-refractivity contribution in [3.63, 3.8) is 0 Å². The summed E-state index contributed by atoms with van der Waals surface area (Å²) in [5.41, 5.74) is 6.15. The summed E-state index contributed by atoms with van der Waals surface area (Å²) in [6.07, 6.45) is 11.1. The zero-order valence-electron chi connectivity index (χ0n) is 21.4. The second kappa shape index (κ2) is 12.2. The smallest absolute Gasteiger partial charge is 0.298 e. The van der Waals surface area contributed by atoms with Crippen molar-refractivity contribution < 1.29 is 9.53 Å². The van der Waals surface area contributed by atoms with Crippen LogP contribution < -0.4 is 4.74 Å². The highest BCUT2D eigenvalue weighted by molar-refractivity contribution is 7.21. The third kappa shape index (κ3) is 6.03. The van der Waals surface area contributed by atoms with Crippen molar-refractivity contribution in [2.24, 2.45) is 0 Å². The Morgan fingerprint density at radius 3 is 2.55 bits per heavy atom. The first-order chi connectivity index (χ1) is 18.6. The molecule has 0 atom stereocenters. The van der Waals surface area contributed by atoms with E-state index >= 15 is 0 Å². The van der Waals surface area contributed by atoms with E-state index in [-0.39, 0.29) is 0 Å². The molecule has 0 spiro atoms. The average Bonchev–Trinajstić information content (AvgIpc) is 3.58. The van der Waals surface area contributed by atoms with Crippen LogP contribution in [0.5, 0.6) is 5.75 Å². The van der Waals surface area contributed by atoms with Crippen LogP contribution in [0, 0.1) is 6.92 Å². The van der Waals surface area contributed by atoms with E-state index in [0.29, 0.717) is 35.0 Å². The molecule has 0 saturated heterocycles. The number of rotatable bonds is 11. The van der Waals surface area contributed by atoms with Gasteiger partial charge in [0.2, 0.25) is 0 Å². The standard InChI is InChI=1S/C30H28N4O2S2/c1-3-4-5-6-7-22-12-20(2)38-30(22)29-14-23(17-37-29)21-8-11-32-26(13-21)28-16-24(36-19-35)15-27(34-28)25-9-10-31-18-33-25/h8-19H,3-7H2,1-2H3. The summed E-state index contributed by atoms with van der Waals surface area (Å²) >= 11 is 3.66. The molecule has 0 aliphatic heterocycles. The van der Waals surface area contributed by atoms with Gasteiger partial charge in [-0.1, -0.05) is 26.2 Å². The topological polar surface area (TPSA) is 77.9 Å². The van der Waals surface area contributed by atoms with Gasteiger partial charge in [-0.15, -0.1) is 22.7 Å². The summed E-state index contributed by atoms with van der Waals surface area (Å²) in [6, 6.07) is 13.8. The number of carbonyl (C=O) groups is 1. The van der Waals surface area contributed by atoms with E-state index < -0.39 is 0 Å².